The van der Waals surface area contributed by atoms with Gasteiger partial charge in [-0.25, -0.2) is 0 Å². The fraction of sp³-hybridized carbons (Fsp3) is 0.500. The van der Waals surface area contributed by atoms with Crippen LogP contribution < -0.4 is 5.32 Å². The van der Waals surface area contributed by atoms with Crippen LogP contribution in [0.1, 0.15) is 29.8 Å². The van der Waals surface area contributed by atoms with Gasteiger partial charge in [0.15, 0.2) is 0 Å². The van der Waals surface area contributed by atoms with Crippen molar-refractivity contribution >= 4 is 21.8 Å². The number of carbonyl (C=O) groups is 1. The summed E-state index contributed by atoms with van der Waals surface area (Å²) in [6.07, 6.45) is 5.33. The second kappa shape index (κ2) is 2.63. The van der Waals surface area contributed by atoms with Crippen molar-refractivity contribution in [3.05, 3.63) is 22.4 Å². The maximum Gasteiger partial charge on any atom is 0.268 e. The largest absolute Gasteiger partial charge is 0.345 e. The molecular formula is C10H11BrN2O. The molecule has 1 fully saturated rings. The lowest BCUT2D eigenvalue weighted by Gasteiger charge is -2.11. The summed E-state index contributed by atoms with van der Waals surface area (Å²) in [5.74, 6) is 0.0747. The van der Waals surface area contributed by atoms with Crippen LogP contribution in [0.5, 0.6) is 0 Å². The molecule has 2 heterocycles. The molecule has 1 aromatic rings. The fourth-order valence-corrected chi connectivity index (χ4v) is 2.54. The minimum atomic E-state index is 0.0747. The summed E-state index contributed by atoms with van der Waals surface area (Å²) in [6, 6.07) is 1.89. The van der Waals surface area contributed by atoms with Gasteiger partial charge in [-0.3, -0.25) is 4.79 Å². The Hall–Kier alpha value is -0.770. The summed E-state index contributed by atoms with van der Waals surface area (Å²) in [7, 11) is 0. The van der Waals surface area contributed by atoms with Gasteiger partial charge in [0, 0.05) is 22.8 Å². The molecule has 3 nitrogen and oxygen atoms in total. The highest BCUT2D eigenvalue weighted by atomic mass is 79.9. The third kappa shape index (κ3) is 1.21. The zero-order valence-corrected chi connectivity index (χ0v) is 9.30. The standard InChI is InChI=1S/C10H11BrN2O/c11-7-5-8-9(14)12-10(1-2-10)3-4-13(8)6-7/h5-6H,1-4H2,(H,12,14). The van der Waals surface area contributed by atoms with Crippen molar-refractivity contribution in [1.29, 1.82) is 0 Å². The number of hydrogen-bond acceptors (Lipinski definition) is 1. The molecule has 1 aromatic heterocycles. The molecule has 0 aromatic carbocycles. The van der Waals surface area contributed by atoms with Gasteiger partial charge in [0.2, 0.25) is 0 Å². The van der Waals surface area contributed by atoms with Gasteiger partial charge in [-0.15, -0.1) is 0 Å². The predicted octanol–water partition coefficient (Wildman–Crippen LogP) is 1.92. The first kappa shape index (κ1) is 8.53. The Labute approximate surface area is 90.6 Å². The SMILES string of the molecule is O=C1NC2(CCn3cc(Br)cc31)CC2. The van der Waals surface area contributed by atoms with E-state index >= 15 is 0 Å². The highest BCUT2D eigenvalue weighted by molar-refractivity contribution is 9.10. The number of aryl methyl sites for hydroxylation is 1. The van der Waals surface area contributed by atoms with E-state index in [0.29, 0.717) is 0 Å². The van der Waals surface area contributed by atoms with Gasteiger partial charge in [-0.2, -0.15) is 0 Å². The number of carbonyl (C=O) groups excluding carboxylic acids is 1. The van der Waals surface area contributed by atoms with Crippen LogP contribution in [0.4, 0.5) is 0 Å². The zero-order chi connectivity index (χ0) is 9.76. The molecule has 2 aliphatic rings. The number of aromatic nitrogens is 1. The number of nitrogens with one attached hydrogen (secondary N) is 1. The molecule has 0 radical (unpaired) electrons. The second-order valence-electron chi connectivity index (χ2n) is 4.22. The number of halogens is 1. The Morgan fingerprint density at radius 2 is 2.21 bits per heavy atom. The van der Waals surface area contributed by atoms with Gasteiger partial charge in [0.1, 0.15) is 5.69 Å². The van der Waals surface area contributed by atoms with E-state index < -0.39 is 0 Å². The van der Waals surface area contributed by atoms with Gasteiger partial charge >= 0.3 is 0 Å². The molecule has 1 aliphatic carbocycles. The third-order valence-corrected chi connectivity index (χ3v) is 3.59. The Bertz CT molecular complexity index is 406. The lowest BCUT2D eigenvalue weighted by Crippen LogP contribution is -2.35. The molecule has 74 valence electrons. The lowest BCUT2D eigenvalue weighted by molar-refractivity contribution is 0.0931. The summed E-state index contributed by atoms with van der Waals surface area (Å²) in [5.41, 5.74) is 0.920. The first-order valence-corrected chi connectivity index (χ1v) is 5.66. The number of rotatable bonds is 0. The van der Waals surface area contributed by atoms with E-state index in [4.69, 9.17) is 0 Å². The van der Waals surface area contributed by atoms with Gasteiger partial charge in [0.25, 0.3) is 5.91 Å². The molecule has 1 spiro atoms. The smallest absolute Gasteiger partial charge is 0.268 e. The molecule has 3 rings (SSSR count). The topological polar surface area (TPSA) is 34.0 Å². The van der Waals surface area contributed by atoms with Crippen LogP contribution in [0.3, 0.4) is 0 Å². The predicted molar refractivity (Wildman–Crippen MR) is 56.2 cm³/mol. The fourth-order valence-electron chi connectivity index (χ4n) is 2.08. The van der Waals surface area contributed by atoms with E-state index in [0.717, 1.165) is 36.0 Å². The Balaban J connectivity index is 2.00. The van der Waals surface area contributed by atoms with Gasteiger partial charge < -0.3 is 9.88 Å². The van der Waals surface area contributed by atoms with Crippen LogP contribution in [-0.2, 0) is 6.54 Å². The Morgan fingerprint density at radius 1 is 1.43 bits per heavy atom. The summed E-state index contributed by atoms with van der Waals surface area (Å²) in [4.78, 5) is 11.8. The first-order valence-electron chi connectivity index (χ1n) is 4.87. The van der Waals surface area contributed by atoms with Crippen LogP contribution in [0.15, 0.2) is 16.7 Å². The molecule has 0 saturated heterocycles. The van der Waals surface area contributed by atoms with E-state index in [9.17, 15) is 4.79 Å². The van der Waals surface area contributed by atoms with Crippen molar-refractivity contribution in [1.82, 2.24) is 9.88 Å². The second-order valence-corrected chi connectivity index (χ2v) is 5.14. The van der Waals surface area contributed by atoms with Gasteiger partial charge in [-0.05, 0) is 41.3 Å². The minimum absolute atomic E-state index is 0.0747. The zero-order valence-electron chi connectivity index (χ0n) is 7.72. The normalized spacial score (nSPS) is 22.8. The maximum atomic E-state index is 11.8. The van der Waals surface area contributed by atoms with Crippen molar-refractivity contribution in [3.8, 4) is 0 Å². The van der Waals surface area contributed by atoms with Crippen LogP contribution >= 0.6 is 15.9 Å². The summed E-state index contributed by atoms with van der Waals surface area (Å²) in [6.45, 7) is 0.944. The van der Waals surface area contributed by atoms with Crippen molar-refractivity contribution in [2.24, 2.45) is 0 Å². The van der Waals surface area contributed by atoms with E-state index in [1.165, 1.54) is 0 Å². The summed E-state index contributed by atoms with van der Waals surface area (Å²) in [5, 5.41) is 3.12. The lowest BCUT2D eigenvalue weighted by atomic mass is 10.2. The van der Waals surface area contributed by atoms with Gasteiger partial charge in [-0.1, -0.05) is 0 Å². The van der Waals surface area contributed by atoms with Crippen LogP contribution in [0.2, 0.25) is 0 Å². The number of amides is 1. The monoisotopic (exact) mass is 254 g/mol. The Kier molecular flexibility index (Phi) is 1.60. The van der Waals surface area contributed by atoms with Crippen LogP contribution in [0, 0.1) is 0 Å². The number of fused-ring (bicyclic) bond motifs is 1. The maximum absolute atomic E-state index is 11.8. The quantitative estimate of drug-likeness (QED) is 0.755. The Morgan fingerprint density at radius 3 is 2.93 bits per heavy atom. The van der Waals surface area contributed by atoms with Crippen LogP contribution in [0.25, 0.3) is 0 Å². The molecule has 14 heavy (non-hydrogen) atoms. The van der Waals surface area contributed by atoms with Crippen molar-refractivity contribution in [3.63, 3.8) is 0 Å². The average Bonchev–Trinajstić information content (AvgIpc) is 2.81. The van der Waals surface area contributed by atoms with Crippen molar-refractivity contribution < 1.29 is 4.79 Å². The third-order valence-electron chi connectivity index (χ3n) is 3.16. The summed E-state index contributed by atoms with van der Waals surface area (Å²) < 4.78 is 3.02. The molecule has 0 atom stereocenters. The highest BCUT2D eigenvalue weighted by Crippen LogP contribution is 2.40. The molecule has 0 unspecified atom stereocenters. The molecular weight excluding hydrogens is 244 g/mol. The first-order chi connectivity index (χ1) is 6.69. The minimum Gasteiger partial charge on any atom is -0.345 e. The molecule has 1 amide bonds. The van der Waals surface area contributed by atoms with Crippen LogP contribution in [-0.4, -0.2) is 16.0 Å². The van der Waals surface area contributed by atoms with E-state index in [1.807, 2.05) is 16.8 Å². The van der Waals surface area contributed by atoms with E-state index in [1.54, 1.807) is 0 Å². The van der Waals surface area contributed by atoms with Gasteiger partial charge in [0.05, 0.1) is 0 Å². The average molecular weight is 255 g/mol. The van der Waals surface area contributed by atoms with Crippen molar-refractivity contribution in [2.45, 2.75) is 31.3 Å². The summed E-state index contributed by atoms with van der Waals surface area (Å²) >= 11 is 3.39. The number of nitrogens with zero attached hydrogens (tertiary/aromatic N) is 1. The number of hydrogen-bond donors (Lipinski definition) is 1. The van der Waals surface area contributed by atoms with E-state index in [-0.39, 0.29) is 11.4 Å². The molecule has 0 bridgehead atoms. The van der Waals surface area contributed by atoms with Crippen molar-refractivity contribution in [2.75, 3.05) is 0 Å². The molecule has 1 saturated carbocycles. The highest BCUT2D eigenvalue weighted by Gasteiger charge is 2.45. The molecule has 1 aliphatic heterocycles. The molecule has 4 heteroatoms. The molecule has 1 N–H and O–H groups in total. The van der Waals surface area contributed by atoms with E-state index in [2.05, 4.69) is 21.2 Å².